The fourth-order valence-corrected chi connectivity index (χ4v) is 2.36. The number of carbonyl (C=O) groups excluding carboxylic acids is 1. The molecular formula is C14H21NO4. The molecule has 0 bridgehead atoms. The van der Waals surface area contributed by atoms with Gasteiger partial charge < -0.3 is 19.2 Å². The van der Waals surface area contributed by atoms with E-state index < -0.39 is 5.60 Å². The van der Waals surface area contributed by atoms with Crippen LogP contribution in [0.25, 0.3) is 0 Å². The predicted octanol–water partition coefficient (Wildman–Crippen LogP) is 2.22. The molecule has 1 saturated heterocycles. The first-order valence-corrected chi connectivity index (χ1v) is 6.53. The Labute approximate surface area is 113 Å². The molecule has 106 valence electrons. The molecule has 0 aliphatic carbocycles. The van der Waals surface area contributed by atoms with Gasteiger partial charge in [0.15, 0.2) is 0 Å². The number of aliphatic hydroxyl groups is 1. The Morgan fingerprint density at radius 2 is 2.26 bits per heavy atom. The molecule has 0 radical (unpaired) electrons. The van der Waals surface area contributed by atoms with Crippen molar-refractivity contribution >= 4 is 6.09 Å². The van der Waals surface area contributed by atoms with E-state index in [9.17, 15) is 9.90 Å². The lowest BCUT2D eigenvalue weighted by atomic mass is 9.95. The monoisotopic (exact) mass is 267 g/mol. The van der Waals surface area contributed by atoms with Gasteiger partial charge in [0.05, 0.1) is 6.26 Å². The molecule has 1 aromatic rings. The molecule has 2 atom stereocenters. The predicted molar refractivity (Wildman–Crippen MR) is 69.8 cm³/mol. The number of ether oxygens (including phenoxy) is 1. The summed E-state index contributed by atoms with van der Waals surface area (Å²) < 4.78 is 10.7. The van der Waals surface area contributed by atoms with Crippen LogP contribution in [0.1, 0.15) is 32.4 Å². The Kier molecular flexibility index (Phi) is 3.85. The Hall–Kier alpha value is -1.49. The molecule has 1 fully saturated rings. The zero-order valence-corrected chi connectivity index (χ0v) is 11.6. The highest BCUT2D eigenvalue weighted by atomic mass is 16.6. The largest absolute Gasteiger partial charge is 0.469 e. The molecule has 2 unspecified atom stereocenters. The number of aliphatic hydroxyl groups excluding tert-OH is 1. The second kappa shape index (κ2) is 5.25. The minimum atomic E-state index is -0.505. The SMILES string of the molecule is CC(C)(C)OC(=O)N1CC(CO)C(c2ccco2)C1. The lowest BCUT2D eigenvalue weighted by Crippen LogP contribution is -2.35. The molecule has 0 saturated carbocycles. The van der Waals surface area contributed by atoms with Gasteiger partial charge in [-0.2, -0.15) is 0 Å². The van der Waals surface area contributed by atoms with Crippen LogP contribution in [-0.2, 0) is 4.74 Å². The van der Waals surface area contributed by atoms with E-state index in [0.717, 1.165) is 5.76 Å². The number of rotatable bonds is 2. The second-order valence-corrected chi connectivity index (χ2v) is 5.95. The maximum atomic E-state index is 12.0. The zero-order valence-electron chi connectivity index (χ0n) is 11.6. The normalized spacial score (nSPS) is 23.7. The number of carbonyl (C=O) groups is 1. The van der Waals surface area contributed by atoms with E-state index in [1.165, 1.54) is 0 Å². The van der Waals surface area contributed by atoms with E-state index in [2.05, 4.69) is 0 Å². The topological polar surface area (TPSA) is 62.9 Å². The smallest absolute Gasteiger partial charge is 0.410 e. The van der Waals surface area contributed by atoms with E-state index in [-0.39, 0.29) is 24.5 Å². The second-order valence-electron chi connectivity index (χ2n) is 5.95. The summed E-state index contributed by atoms with van der Waals surface area (Å²) in [6, 6.07) is 3.70. The average Bonchev–Trinajstić information content (AvgIpc) is 2.95. The van der Waals surface area contributed by atoms with Crippen molar-refractivity contribution in [2.75, 3.05) is 19.7 Å². The standard InChI is InChI=1S/C14H21NO4/c1-14(2,3)19-13(17)15-7-10(9-16)11(8-15)12-5-4-6-18-12/h4-6,10-11,16H,7-9H2,1-3H3. The lowest BCUT2D eigenvalue weighted by Gasteiger charge is -2.24. The molecule has 2 heterocycles. The van der Waals surface area contributed by atoms with Crippen molar-refractivity contribution in [2.24, 2.45) is 5.92 Å². The number of nitrogens with zero attached hydrogens (tertiary/aromatic N) is 1. The number of amides is 1. The third kappa shape index (κ3) is 3.29. The van der Waals surface area contributed by atoms with Crippen LogP contribution in [0.4, 0.5) is 4.79 Å². The van der Waals surface area contributed by atoms with Crippen LogP contribution in [-0.4, -0.2) is 41.4 Å². The van der Waals surface area contributed by atoms with Crippen LogP contribution in [0, 0.1) is 5.92 Å². The van der Waals surface area contributed by atoms with Crippen molar-refractivity contribution in [3.8, 4) is 0 Å². The van der Waals surface area contributed by atoms with Gasteiger partial charge in [-0.15, -0.1) is 0 Å². The van der Waals surface area contributed by atoms with Crippen LogP contribution >= 0.6 is 0 Å². The van der Waals surface area contributed by atoms with E-state index in [4.69, 9.17) is 9.15 Å². The van der Waals surface area contributed by atoms with Gasteiger partial charge in [-0.3, -0.25) is 0 Å². The molecular weight excluding hydrogens is 246 g/mol. The number of furan rings is 1. The summed E-state index contributed by atoms with van der Waals surface area (Å²) in [4.78, 5) is 13.7. The summed E-state index contributed by atoms with van der Waals surface area (Å²) in [6.45, 7) is 6.58. The highest BCUT2D eigenvalue weighted by molar-refractivity contribution is 5.68. The Morgan fingerprint density at radius 3 is 2.79 bits per heavy atom. The molecule has 1 N–H and O–H groups in total. The summed E-state index contributed by atoms with van der Waals surface area (Å²) in [5, 5.41) is 9.45. The van der Waals surface area contributed by atoms with Crippen molar-refractivity contribution in [1.82, 2.24) is 4.90 Å². The van der Waals surface area contributed by atoms with Crippen molar-refractivity contribution in [3.05, 3.63) is 24.2 Å². The first kappa shape index (κ1) is 13.9. The maximum Gasteiger partial charge on any atom is 0.410 e. The molecule has 5 nitrogen and oxygen atoms in total. The van der Waals surface area contributed by atoms with Crippen molar-refractivity contribution in [2.45, 2.75) is 32.3 Å². The maximum absolute atomic E-state index is 12.0. The number of hydrogen-bond acceptors (Lipinski definition) is 4. The molecule has 0 spiro atoms. The fraction of sp³-hybridized carbons (Fsp3) is 0.643. The summed E-state index contributed by atoms with van der Waals surface area (Å²) in [5.41, 5.74) is -0.505. The summed E-state index contributed by atoms with van der Waals surface area (Å²) in [5.74, 6) is 0.844. The number of likely N-dealkylation sites (tertiary alicyclic amines) is 1. The lowest BCUT2D eigenvalue weighted by molar-refractivity contribution is 0.0282. The van der Waals surface area contributed by atoms with Crippen LogP contribution in [0.2, 0.25) is 0 Å². The van der Waals surface area contributed by atoms with Gasteiger partial charge in [-0.25, -0.2) is 4.79 Å². The molecule has 2 rings (SSSR count). The zero-order chi connectivity index (χ0) is 14.0. The average molecular weight is 267 g/mol. The third-order valence-corrected chi connectivity index (χ3v) is 3.24. The van der Waals surface area contributed by atoms with E-state index in [1.54, 1.807) is 11.2 Å². The molecule has 19 heavy (non-hydrogen) atoms. The van der Waals surface area contributed by atoms with Crippen LogP contribution in [0.3, 0.4) is 0 Å². The summed E-state index contributed by atoms with van der Waals surface area (Å²) >= 11 is 0. The quantitative estimate of drug-likeness (QED) is 0.892. The van der Waals surface area contributed by atoms with E-state index >= 15 is 0 Å². The summed E-state index contributed by atoms with van der Waals surface area (Å²) in [6.07, 6.45) is 1.28. The minimum Gasteiger partial charge on any atom is -0.469 e. The molecule has 1 aliphatic rings. The van der Waals surface area contributed by atoms with E-state index in [1.807, 2.05) is 32.9 Å². The molecule has 1 aromatic heterocycles. The van der Waals surface area contributed by atoms with Crippen molar-refractivity contribution in [1.29, 1.82) is 0 Å². The minimum absolute atomic E-state index is 0.00123. The molecule has 1 aliphatic heterocycles. The molecule has 5 heteroatoms. The fourth-order valence-electron chi connectivity index (χ4n) is 2.36. The van der Waals surface area contributed by atoms with Gasteiger partial charge in [0.2, 0.25) is 0 Å². The van der Waals surface area contributed by atoms with Gasteiger partial charge in [-0.05, 0) is 32.9 Å². The Balaban J connectivity index is 2.05. The Morgan fingerprint density at radius 1 is 1.53 bits per heavy atom. The first-order valence-electron chi connectivity index (χ1n) is 6.53. The Bertz CT molecular complexity index is 421. The van der Waals surface area contributed by atoms with E-state index in [0.29, 0.717) is 13.1 Å². The molecule has 0 aromatic carbocycles. The van der Waals surface area contributed by atoms with Crippen LogP contribution < -0.4 is 0 Å². The van der Waals surface area contributed by atoms with Gasteiger partial charge in [0.25, 0.3) is 0 Å². The highest BCUT2D eigenvalue weighted by Crippen LogP contribution is 2.33. The van der Waals surface area contributed by atoms with Gasteiger partial charge in [0, 0.05) is 31.5 Å². The first-order chi connectivity index (χ1) is 8.90. The van der Waals surface area contributed by atoms with Crippen molar-refractivity contribution in [3.63, 3.8) is 0 Å². The summed E-state index contributed by atoms with van der Waals surface area (Å²) in [7, 11) is 0. The third-order valence-electron chi connectivity index (χ3n) is 3.24. The molecule has 1 amide bonds. The van der Waals surface area contributed by atoms with Crippen LogP contribution in [0.15, 0.2) is 22.8 Å². The number of hydrogen-bond donors (Lipinski definition) is 1. The van der Waals surface area contributed by atoms with Gasteiger partial charge >= 0.3 is 6.09 Å². The van der Waals surface area contributed by atoms with Gasteiger partial charge in [-0.1, -0.05) is 0 Å². The van der Waals surface area contributed by atoms with Crippen LogP contribution in [0.5, 0.6) is 0 Å². The highest BCUT2D eigenvalue weighted by Gasteiger charge is 2.38. The van der Waals surface area contributed by atoms with Gasteiger partial charge in [0.1, 0.15) is 11.4 Å². The van der Waals surface area contributed by atoms with Crippen molar-refractivity contribution < 1.29 is 19.1 Å².